The molecule has 0 unspecified atom stereocenters. The van der Waals surface area contributed by atoms with Crippen LogP contribution in [0.1, 0.15) is 46.4 Å². The first kappa shape index (κ1) is 19.9. The zero-order valence-corrected chi connectivity index (χ0v) is 16.8. The predicted octanol–water partition coefficient (Wildman–Crippen LogP) is 5.28. The van der Waals surface area contributed by atoms with Gasteiger partial charge in [0.05, 0.1) is 5.69 Å². The van der Waals surface area contributed by atoms with E-state index in [1.807, 2.05) is 72.8 Å². The van der Waals surface area contributed by atoms with E-state index in [0.717, 1.165) is 12.8 Å². The topological polar surface area (TPSA) is 57.6 Å². The largest absolute Gasteiger partial charge is 0.506 e. The van der Waals surface area contributed by atoms with Crippen LogP contribution in [0.5, 0.6) is 5.75 Å². The number of phenolic OH excluding ortho intramolecular Hbond substituents is 1. The van der Waals surface area contributed by atoms with Gasteiger partial charge < -0.3 is 10.0 Å². The van der Waals surface area contributed by atoms with Crippen molar-refractivity contribution in [3.05, 3.63) is 96.1 Å². The third-order valence-corrected chi connectivity index (χ3v) is 5.81. The minimum absolute atomic E-state index is 0.0559. The minimum Gasteiger partial charge on any atom is -0.506 e. The summed E-state index contributed by atoms with van der Waals surface area (Å²) in [5, 5.41) is 10.5. The molecule has 1 saturated heterocycles. The van der Waals surface area contributed by atoms with E-state index < -0.39 is 0 Å². The first-order valence-electron chi connectivity index (χ1n) is 10.4. The zero-order chi connectivity index (χ0) is 20.9. The molecule has 3 aromatic carbocycles. The van der Waals surface area contributed by atoms with Crippen LogP contribution in [-0.4, -0.2) is 28.8 Å². The van der Waals surface area contributed by atoms with Crippen LogP contribution in [0.15, 0.2) is 84.9 Å². The Bertz CT molecular complexity index is 955. The van der Waals surface area contributed by atoms with Gasteiger partial charge in [-0.05, 0) is 25.0 Å². The summed E-state index contributed by atoms with van der Waals surface area (Å²) in [7, 11) is 0. The molecule has 4 rings (SSSR count). The van der Waals surface area contributed by atoms with Crippen LogP contribution in [0.25, 0.3) is 0 Å². The molecule has 0 aliphatic carbocycles. The Labute approximate surface area is 176 Å². The molecular weight excluding hydrogens is 374 g/mol. The molecule has 1 heterocycles. The average molecular weight is 399 g/mol. The van der Waals surface area contributed by atoms with Crippen LogP contribution in [0, 0.1) is 0 Å². The molecule has 1 aliphatic heterocycles. The van der Waals surface area contributed by atoms with Crippen molar-refractivity contribution in [3.8, 4) is 5.75 Å². The zero-order valence-electron chi connectivity index (χ0n) is 16.8. The number of anilines is 1. The lowest BCUT2D eigenvalue weighted by Gasteiger charge is -2.32. The second-order valence-corrected chi connectivity index (χ2v) is 7.77. The summed E-state index contributed by atoms with van der Waals surface area (Å²) in [5.74, 6) is 0.334. The highest BCUT2D eigenvalue weighted by Gasteiger charge is 2.37. The Balaban J connectivity index is 1.58. The van der Waals surface area contributed by atoms with Crippen molar-refractivity contribution in [2.75, 3.05) is 4.90 Å². The van der Waals surface area contributed by atoms with Gasteiger partial charge in [-0.15, -0.1) is 0 Å². The maximum atomic E-state index is 12.9. The van der Waals surface area contributed by atoms with Gasteiger partial charge in [0, 0.05) is 36.1 Å². The number of carbonyl (C=O) groups is 2. The number of carbonyl (C=O) groups excluding carboxylic acids is 2. The van der Waals surface area contributed by atoms with Gasteiger partial charge in [0.2, 0.25) is 0 Å². The summed E-state index contributed by atoms with van der Waals surface area (Å²) >= 11 is 0. The van der Waals surface area contributed by atoms with E-state index >= 15 is 0 Å². The molecule has 1 N–H and O–H groups in total. The molecule has 4 nitrogen and oxygen atoms in total. The van der Waals surface area contributed by atoms with E-state index in [9.17, 15) is 14.7 Å². The third-order valence-electron chi connectivity index (χ3n) is 5.81. The van der Waals surface area contributed by atoms with E-state index in [1.54, 1.807) is 12.1 Å². The lowest BCUT2D eigenvalue weighted by molar-refractivity contribution is 0.0972. The minimum atomic E-state index is -0.0559. The number of Topliss-reactive ketones (excluding diaryl/α,β-unsaturated/α-hetero) is 2. The van der Waals surface area contributed by atoms with Crippen LogP contribution >= 0.6 is 0 Å². The highest BCUT2D eigenvalue weighted by atomic mass is 16.3. The van der Waals surface area contributed by atoms with Gasteiger partial charge in [-0.2, -0.15) is 0 Å². The Morgan fingerprint density at radius 1 is 0.700 bits per heavy atom. The molecule has 3 aromatic rings. The summed E-state index contributed by atoms with van der Waals surface area (Å²) in [4.78, 5) is 27.8. The summed E-state index contributed by atoms with van der Waals surface area (Å²) in [5.41, 5.74) is 2.07. The van der Waals surface area contributed by atoms with Crippen molar-refractivity contribution >= 4 is 17.3 Å². The second kappa shape index (κ2) is 8.95. The van der Waals surface area contributed by atoms with Crippen LogP contribution in [0.2, 0.25) is 0 Å². The summed E-state index contributed by atoms with van der Waals surface area (Å²) < 4.78 is 0. The van der Waals surface area contributed by atoms with Crippen LogP contribution < -0.4 is 4.90 Å². The van der Waals surface area contributed by atoms with E-state index in [-0.39, 0.29) is 29.4 Å². The van der Waals surface area contributed by atoms with Crippen molar-refractivity contribution in [2.45, 2.75) is 37.8 Å². The standard InChI is InChI=1S/C26H25NO3/c28-24-14-8-7-13-23(24)27-21(17-25(29)19-9-3-1-4-10-19)15-16-22(27)18-26(30)20-11-5-2-6-12-20/h1-14,21-22,28H,15-18H2/t21-,22+. The fourth-order valence-corrected chi connectivity index (χ4v) is 4.35. The Morgan fingerprint density at radius 2 is 1.13 bits per heavy atom. The molecule has 0 radical (unpaired) electrons. The van der Waals surface area contributed by atoms with Gasteiger partial charge in [-0.1, -0.05) is 72.8 Å². The van der Waals surface area contributed by atoms with E-state index in [2.05, 4.69) is 4.90 Å². The lowest BCUT2D eigenvalue weighted by atomic mass is 10.0. The molecular formula is C26H25NO3. The van der Waals surface area contributed by atoms with E-state index in [0.29, 0.717) is 29.7 Å². The maximum Gasteiger partial charge on any atom is 0.164 e. The third kappa shape index (κ3) is 4.28. The summed E-state index contributed by atoms with van der Waals surface area (Å²) in [6, 6.07) is 25.6. The van der Waals surface area contributed by atoms with Gasteiger partial charge in [-0.3, -0.25) is 9.59 Å². The second-order valence-electron chi connectivity index (χ2n) is 7.77. The van der Waals surface area contributed by atoms with Crippen molar-refractivity contribution in [3.63, 3.8) is 0 Å². The molecule has 2 atom stereocenters. The molecule has 4 heteroatoms. The van der Waals surface area contributed by atoms with Crippen LogP contribution in [0.3, 0.4) is 0 Å². The Hall–Kier alpha value is -3.40. The molecule has 152 valence electrons. The van der Waals surface area contributed by atoms with E-state index in [4.69, 9.17) is 0 Å². The fourth-order valence-electron chi connectivity index (χ4n) is 4.35. The fraction of sp³-hybridized carbons (Fsp3) is 0.231. The van der Waals surface area contributed by atoms with Crippen molar-refractivity contribution < 1.29 is 14.7 Å². The number of benzene rings is 3. The molecule has 0 amide bonds. The number of nitrogens with zero attached hydrogens (tertiary/aromatic N) is 1. The molecule has 30 heavy (non-hydrogen) atoms. The van der Waals surface area contributed by atoms with Gasteiger partial charge in [0.15, 0.2) is 11.6 Å². The molecule has 0 spiro atoms. The lowest BCUT2D eigenvalue weighted by Crippen LogP contribution is -2.38. The SMILES string of the molecule is O=C(C[C@H]1CC[C@@H](CC(=O)c2ccccc2)N1c1ccccc1O)c1ccccc1. The van der Waals surface area contributed by atoms with Crippen molar-refractivity contribution in [2.24, 2.45) is 0 Å². The number of ketones is 2. The molecule has 0 saturated carbocycles. The quantitative estimate of drug-likeness (QED) is 0.550. The summed E-state index contributed by atoms with van der Waals surface area (Å²) in [6.07, 6.45) is 2.32. The monoisotopic (exact) mass is 399 g/mol. The predicted molar refractivity (Wildman–Crippen MR) is 118 cm³/mol. The number of hydrogen-bond acceptors (Lipinski definition) is 4. The Kier molecular flexibility index (Phi) is 5.94. The average Bonchev–Trinajstić information content (AvgIpc) is 3.17. The first-order valence-corrected chi connectivity index (χ1v) is 10.4. The van der Waals surface area contributed by atoms with Crippen molar-refractivity contribution in [1.82, 2.24) is 0 Å². The van der Waals surface area contributed by atoms with Crippen LogP contribution in [0.4, 0.5) is 5.69 Å². The molecule has 1 aliphatic rings. The molecule has 1 fully saturated rings. The van der Waals surface area contributed by atoms with Gasteiger partial charge in [0.25, 0.3) is 0 Å². The maximum absolute atomic E-state index is 12.9. The highest BCUT2D eigenvalue weighted by Crippen LogP contribution is 2.39. The van der Waals surface area contributed by atoms with Crippen LogP contribution in [-0.2, 0) is 0 Å². The number of phenols is 1. The van der Waals surface area contributed by atoms with Crippen molar-refractivity contribution in [1.29, 1.82) is 0 Å². The van der Waals surface area contributed by atoms with Gasteiger partial charge in [0.1, 0.15) is 5.75 Å². The number of aromatic hydroxyl groups is 1. The smallest absolute Gasteiger partial charge is 0.164 e. The highest BCUT2D eigenvalue weighted by molar-refractivity contribution is 5.97. The number of para-hydroxylation sites is 2. The van der Waals surface area contributed by atoms with Gasteiger partial charge >= 0.3 is 0 Å². The van der Waals surface area contributed by atoms with E-state index in [1.165, 1.54) is 0 Å². The van der Waals surface area contributed by atoms with Gasteiger partial charge in [-0.25, -0.2) is 0 Å². The number of hydrogen-bond donors (Lipinski definition) is 1. The Morgan fingerprint density at radius 3 is 1.60 bits per heavy atom. The first-order chi connectivity index (χ1) is 14.6. The molecule has 0 aromatic heterocycles. The number of rotatable bonds is 7. The molecule has 0 bridgehead atoms. The summed E-state index contributed by atoms with van der Waals surface area (Å²) in [6.45, 7) is 0. The normalized spacial score (nSPS) is 18.3.